The van der Waals surface area contributed by atoms with Gasteiger partial charge in [-0.05, 0) is 56.0 Å². The second-order valence-electron chi connectivity index (χ2n) is 5.81. The third-order valence-corrected chi connectivity index (χ3v) is 3.31. The van der Waals surface area contributed by atoms with Gasteiger partial charge < -0.3 is 10.6 Å². The van der Waals surface area contributed by atoms with Crippen molar-refractivity contribution in [2.45, 2.75) is 33.1 Å². The first-order valence-corrected chi connectivity index (χ1v) is 7.25. The van der Waals surface area contributed by atoms with Gasteiger partial charge in [0.2, 0.25) is 5.91 Å². The van der Waals surface area contributed by atoms with Crippen molar-refractivity contribution in [2.24, 2.45) is 11.8 Å². The van der Waals surface area contributed by atoms with Crippen LogP contribution in [0.4, 0.5) is 5.69 Å². The number of benzene rings is 1. The molecule has 0 aliphatic heterocycles. The lowest BCUT2D eigenvalue weighted by atomic mass is 10.1. The number of hydrogen-bond donors (Lipinski definition) is 2. The summed E-state index contributed by atoms with van der Waals surface area (Å²) in [5.74, 6) is 1.13. The summed E-state index contributed by atoms with van der Waals surface area (Å²) in [6.07, 6.45) is 3.13. The topological polar surface area (TPSA) is 41.1 Å². The molecule has 0 radical (unpaired) electrons. The Morgan fingerprint density at radius 1 is 1.26 bits per heavy atom. The van der Waals surface area contributed by atoms with Crippen LogP contribution >= 0.6 is 0 Å². The molecule has 19 heavy (non-hydrogen) atoms. The van der Waals surface area contributed by atoms with Gasteiger partial charge in [0.25, 0.3) is 0 Å². The average Bonchev–Trinajstić information content (AvgIpc) is 3.20. The van der Waals surface area contributed by atoms with Crippen LogP contribution in [0, 0.1) is 11.8 Å². The summed E-state index contributed by atoms with van der Waals surface area (Å²) in [4.78, 5) is 11.6. The van der Waals surface area contributed by atoms with Crippen LogP contribution in [0.15, 0.2) is 24.3 Å². The van der Waals surface area contributed by atoms with Crippen molar-refractivity contribution >= 4 is 11.6 Å². The van der Waals surface area contributed by atoms with Crippen LogP contribution in [0.5, 0.6) is 0 Å². The summed E-state index contributed by atoms with van der Waals surface area (Å²) in [6.45, 7) is 6.50. The summed E-state index contributed by atoms with van der Waals surface area (Å²) in [5, 5.41) is 6.39. The van der Waals surface area contributed by atoms with Crippen LogP contribution < -0.4 is 10.6 Å². The highest BCUT2D eigenvalue weighted by atomic mass is 16.2. The number of amides is 1. The van der Waals surface area contributed by atoms with Gasteiger partial charge in [-0.25, -0.2) is 0 Å². The molecule has 0 bridgehead atoms. The molecule has 0 unspecified atom stereocenters. The van der Waals surface area contributed by atoms with E-state index in [1.807, 2.05) is 12.1 Å². The number of rotatable bonds is 7. The van der Waals surface area contributed by atoms with Gasteiger partial charge in [0.05, 0.1) is 0 Å². The molecule has 0 heterocycles. The molecule has 1 aliphatic carbocycles. The predicted octanol–water partition coefficient (Wildman–Crippen LogP) is 2.82. The minimum atomic E-state index is 0.173. The Morgan fingerprint density at radius 2 is 1.95 bits per heavy atom. The Balaban J connectivity index is 1.72. The molecule has 1 saturated carbocycles. The number of carbonyl (C=O) groups excluding carboxylic acids is 1. The highest BCUT2D eigenvalue weighted by molar-refractivity contribution is 5.93. The maximum Gasteiger partial charge on any atom is 0.227 e. The molecule has 1 amide bonds. The van der Waals surface area contributed by atoms with E-state index in [0.717, 1.165) is 38.0 Å². The van der Waals surface area contributed by atoms with Crippen molar-refractivity contribution in [2.75, 3.05) is 18.4 Å². The van der Waals surface area contributed by atoms with Gasteiger partial charge in [0, 0.05) is 11.6 Å². The molecular weight excluding hydrogens is 236 g/mol. The predicted molar refractivity (Wildman–Crippen MR) is 79.2 cm³/mol. The van der Waals surface area contributed by atoms with Gasteiger partial charge in [0.15, 0.2) is 0 Å². The standard InChI is InChI=1S/C16H24N2O/c1-12(2)11-17-10-9-13-3-7-15(8-4-13)18-16(19)14-5-6-14/h3-4,7-8,12,14,17H,5-6,9-11H2,1-2H3,(H,18,19). The molecule has 3 nitrogen and oxygen atoms in total. The molecule has 1 fully saturated rings. The van der Waals surface area contributed by atoms with Gasteiger partial charge in [-0.1, -0.05) is 26.0 Å². The molecule has 0 aromatic heterocycles. The normalized spacial score (nSPS) is 14.7. The Morgan fingerprint density at radius 3 is 2.53 bits per heavy atom. The molecule has 0 saturated heterocycles. The van der Waals surface area contributed by atoms with Crippen molar-refractivity contribution in [3.8, 4) is 0 Å². The van der Waals surface area contributed by atoms with Crippen molar-refractivity contribution in [1.82, 2.24) is 5.32 Å². The molecule has 1 aromatic carbocycles. The minimum Gasteiger partial charge on any atom is -0.326 e. The fourth-order valence-electron chi connectivity index (χ4n) is 1.97. The van der Waals surface area contributed by atoms with Gasteiger partial charge in [-0.3, -0.25) is 4.79 Å². The fourth-order valence-corrected chi connectivity index (χ4v) is 1.97. The minimum absolute atomic E-state index is 0.173. The van der Waals surface area contributed by atoms with Crippen molar-refractivity contribution in [1.29, 1.82) is 0 Å². The van der Waals surface area contributed by atoms with Crippen LogP contribution in [0.2, 0.25) is 0 Å². The SMILES string of the molecule is CC(C)CNCCc1ccc(NC(=O)C2CC2)cc1. The summed E-state index contributed by atoms with van der Waals surface area (Å²) >= 11 is 0. The van der Waals surface area contributed by atoms with E-state index in [-0.39, 0.29) is 11.8 Å². The van der Waals surface area contributed by atoms with E-state index in [2.05, 4.69) is 36.6 Å². The summed E-state index contributed by atoms with van der Waals surface area (Å²) in [7, 11) is 0. The van der Waals surface area contributed by atoms with Crippen LogP contribution in [-0.4, -0.2) is 19.0 Å². The average molecular weight is 260 g/mol. The molecule has 3 heteroatoms. The molecule has 104 valence electrons. The van der Waals surface area contributed by atoms with E-state index >= 15 is 0 Å². The second kappa shape index (κ2) is 6.71. The first kappa shape index (κ1) is 14.1. The smallest absolute Gasteiger partial charge is 0.227 e. The van der Waals surface area contributed by atoms with Crippen molar-refractivity contribution in [3.63, 3.8) is 0 Å². The molecule has 0 atom stereocenters. The van der Waals surface area contributed by atoms with E-state index < -0.39 is 0 Å². The number of nitrogens with one attached hydrogen (secondary N) is 2. The summed E-state index contributed by atoms with van der Waals surface area (Å²) in [6, 6.07) is 8.19. The van der Waals surface area contributed by atoms with Gasteiger partial charge in [0.1, 0.15) is 0 Å². The first-order chi connectivity index (χ1) is 9.15. The van der Waals surface area contributed by atoms with Crippen LogP contribution in [-0.2, 0) is 11.2 Å². The van der Waals surface area contributed by atoms with Crippen molar-refractivity contribution in [3.05, 3.63) is 29.8 Å². The Hall–Kier alpha value is -1.35. The number of hydrogen-bond acceptors (Lipinski definition) is 2. The Bertz CT molecular complexity index is 407. The van der Waals surface area contributed by atoms with E-state index in [9.17, 15) is 4.79 Å². The lowest BCUT2D eigenvalue weighted by Crippen LogP contribution is -2.22. The largest absolute Gasteiger partial charge is 0.326 e. The molecular formula is C16H24N2O. The van der Waals surface area contributed by atoms with Crippen LogP contribution in [0.1, 0.15) is 32.3 Å². The number of carbonyl (C=O) groups is 1. The van der Waals surface area contributed by atoms with Crippen LogP contribution in [0.25, 0.3) is 0 Å². The molecule has 1 aromatic rings. The molecule has 2 N–H and O–H groups in total. The maximum atomic E-state index is 11.6. The van der Waals surface area contributed by atoms with E-state index in [0.29, 0.717) is 5.92 Å². The highest BCUT2D eigenvalue weighted by Gasteiger charge is 2.29. The second-order valence-corrected chi connectivity index (χ2v) is 5.81. The van der Waals surface area contributed by atoms with Crippen LogP contribution in [0.3, 0.4) is 0 Å². The zero-order chi connectivity index (χ0) is 13.7. The quantitative estimate of drug-likeness (QED) is 0.740. The fraction of sp³-hybridized carbons (Fsp3) is 0.562. The Kier molecular flexibility index (Phi) is 4.97. The molecule has 0 spiro atoms. The lowest BCUT2D eigenvalue weighted by molar-refractivity contribution is -0.117. The highest BCUT2D eigenvalue weighted by Crippen LogP contribution is 2.30. The zero-order valence-electron chi connectivity index (χ0n) is 11.9. The first-order valence-electron chi connectivity index (χ1n) is 7.25. The van der Waals surface area contributed by atoms with E-state index in [4.69, 9.17) is 0 Å². The molecule has 2 rings (SSSR count). The van der Waals surface area contributed by atoms with E-state index in [1.165, 1.54) is 5.56 Å². The lowest BCUT2D eigenvalue weighted by Gasteiger charge is -2.08. The summed E-state index contributed by atoms with van der Waals surface area (Å²) < 4.78 is 0. The number of anilines is 1. The maximum absolute atomic E-state index is 11.6. The summed E-state index contributed by atoms with van der Waals surface area (Å²) in [5.41, 5.74) is 2.22. The third-order valence-electron chi connectivity index (χ3n) is 3.31. The molecule has 1 aliphatic rings. The van der Waals surface area contributed by atoms with Crippen molar-refractivity contribution < 1.29 is 4.79 Å². The monoisotopic (exact) mass is 260 g/mol. The van der Waals surface area contributed by atoms with Gasteiger partial charge >= 0.3 is 0 Å². The Labute approximate surface area is 115 Å². The van der Waals surface area contributed by atoms with E-state index in [1.54, 1.807) is 0 Å². The third kappa shape index (κ3) is 5.03. The van der Waals surface area contributed by atoms with Gasteiger partial charge in [-0.15, -0.1) is 0 Å². The zero-order valence-corrected chi connectivity index (χ0v) is 11.9. The van der Waals surface area contributed by atoms with Gasteiger partial charge in [-0.2, -0.15) is 0 Å².